The summed E-state index contributed by atoms with van der Waals surface area (Å²) in [6.45, 7) is 2.53. The second kappa shape index (κ2) is 3.18. The van der Waals surface area contributed by atoms with Gasteiger partial charge in [-0.3, -0.25) is 9.59 Å². The molecule has 0 aliphatic heterocycles. The molecule has 3 nitrogen and oxygen atoms in total. The van der Waals surface area contributed by atoms with Gasteiger partial charge in [0, 0.05) is 6.92 Å². The van der Waals surface area contributed by atoms with Crippen LogP contribution in [0.3, 0.4) is 0 Å². The Labute approximate surface area is 47.6 Å². The van der Waals surface area contributed by atoms with Crippen molar-refractivity contribution in [3.8, 4) is 0 Å². The van der Waals surface area contributed by atoms with Crippen LogP contribution in [-0.4, -0.2) is 18.4 Å². The van der Waals surface area contributed by atoms with Crippen LogP contribution in [0, 0.1) is 0 Å². The third kappa shape index (κ3) is 5.14. The van der Waals surface area contributed by atoms with E-state index in [2.05, 4.69) is 4.74 Å². The predicted molar refractivity (Wildman–Crippen MR) is 27.3 cm³/mol. The number of hydrogen-bond donors (Lipinski definition) is 0. The van der Waals surface area contributed by atoms with Crippen molar-refractivity contribution < 1.29 is 14.3 Å². The van der Waals surface area contributed by atoms with Crippen molar-refractivity contribution in [3.05, 3.63) is 0 Å². The van der Waals surface area contributed by atoms with E-state index in [1.165, 1.54) is 13.8 Å². The Morgan fingerprint density at radius 2 is 1.88 bits per heavy atom. The van der Waals surface area contributed by atoms with Gasteiger partial charge in [0.25, 0.3) is 0 Å². The van der Waals surface area contributed by atoms with Gasteiger partial charge in [0.2, 0.25) is 0 Å². The van der Waals surface area contributed by atoms with Crippen LogP contribution in [-0.2, 0) is 14.3 Å². The lowest BCUT2D eigenvalue weighted by atomic mass is 10.5. The number of carbonyl (C=O) groups excluding carboxylic acids is 2. The van der Waals surface area contributed by atoms with Crippen molar-refractivity contribution in [1.29, 1.82) is 0 Å². The van der Waals surface area contributed by atoms with E-state index in [1.807, 2.05) is 0 Å². The SMILES string of the molecule is CC(=O)COC(C)=O. The summed E-state index contributed by atoms with van der Waals surface area (Å²) in [7, 11) is 0. The smallest absolute Gasteiger partial charge is 0.303 e. The van der Waals surface area contributed by atoms with E-state index < -0.39 is 5.97 Å². The van der Waals surface area contributed by atoms with Gasteiger partial charge in [0.15, 0.2) is 5.78 Å². The number of carbonyl (C=O) groups is 2. The fourth-order valence-corrected chi connectivity index (χ4v) is 0.203. The molecule has 0 N–H and O–H groups in total. The van der Waals surface area contributed by atoms with Gasteiger partial charge in [-0.05, 0) is 6.92 Å². The first-order chi connectivity index (χ1) is 3.63. The molecule has 0 rings (SSSR count). The van der Waals surface area contributed by atoms with Gasteiger partial charge in [-0.2, -0.15) is 0 Å². The van der Waals surface area contributed by atoms with Gasteiger partial charge in [-0.1, -0.05) is 0 Å². The summed E-state index contributed by atoms with van der Waals surface area (Å²) in [5.74, 6) is -0.555. The maximum absolute atomic E-state index is 10.1. The summed E-state index contributed by atoms with van der Waals surface area (Å²) >= 11 is 0. The maximum atomic E-state index is 10.1. The van der Waals surface area contributed by atoms with E-state index in [0.717, 1.165) is 0 Å². The van der Waals surface area contributed by atoms with Crippen molar-refractivity contribution in [3.63, 3.8) is 0 Å². The van der Waals surface area contributed by atoms with E-state index in [1.54, 1.807) is 0 Å². The van der Waals surface area contributed by atoms with Gasteiger partial charge in [-0.25, -0.2) is 0 Å². The Balaban J connectivity index is 3.18. The molecule has 0 aliphatic carbocycles. The third-order valence-corrected chi connectivity index (χ3v) is 0.479. The molecular formula is C5H8O3. The number of ether oxygens (including phenoxy) is 1. The Morgan fingerprint density at radius 3 is 2.00 bits per heavy atom. The molecular weight excluding hydrogens is 108 g/mol. The van der Waals surface area contributed by atoms with Crippen LogP contribution in [0.2, 0.25) is 0 Å². The molecule has 0 heterocycles. The van der Waals surface area contributed by atoms with Crippen LogP contribution in [0.4, 0.5) is 0 Å². The zero-order valence-electron chi connectivity index (χ0n) is 4.93. The lowest BCUT2D eigenvalue weighted by molar-refractivity contribution is -0.145. The normalized spacial score (nSPS) is 8.25. The quantitative estimate of drug-likeness (QED) is 0.482. The van der Waals surface area contributed by atoms with Crippen LogP contribution in [0.5, 0.6) is 0 Å². The highest BCUT2D eigenvalue weighted by molar-refractivity contribution is 5.79. The molecule has 0 spiro atoms. The lowest BCUT2D eigenvalue weighted by Gasteiger charge is -1.93. The Morgan fingerprint density at radius 1 is 1.38 bits per heavy atom. The second-order valence-corrected chi connectivity index (χ2v) is 1.48. The largest absolute Gasteiger partial charge is 0.458 e. The van der Waals surface area contributed by atoms with Gasteiger partial charge in [-0.15, -0.1) is 0 Å². The van der Waals surface area contributed by atoms with E-state index in [4.69, 9.17) is 0 Å². The van der Waals surface area contributed by atoms with E-state index in [-0.39, 0.29) is 12.4 Å². The highest BCUT2D eigenvalue weighted by Gasteiger charge is 1.94. The van der Waals surface area contributed by atoms with Gasteiger partial charge in [0.1, 0.15) is 6.61 Å². The predicted octanol–water partition coefficient (Wildman–Crippen LogP) is 0.139. The molecule has 0 radical (unpaired) electrons. The Hall–Kier alpha value is -0.860. The van der Waals surface area contributed by atoms with Crippen molar-refractivity contribution in [2.75, 3.05) is 6.61 Å². The topological polar surface area (TPSA) is 43.4 Å². The molecule has 3 heteroatoms. The summed E-state index contributed by atoms with van der Waals surface area (Å²) < 4.78 is 4.31. The average Bonchev–Trinajstić information content (AvgIpc) is 1.61. The molecule has 0 aromatic rings. The van der Waals surface area contributed by atoms with Gasteiger partial charge < -0.3 is 4.74 Å². The summed E-state index contributed by atoms with van der Waals surface area (Å²) in [6.07, 6.45) is 0. The first-order valence-electron chi connectivity index (χ1n) is 2.25. The van der Waals surface area contributed by atoms with Crippen LogP contribution in [0.1, 0.15) is 13.8 Å². The number of ketones is 1. The summed E-state index contributed by atoms with van der Waals surface area (Å²) in [4.78, 5) is 20.0. The highest BCUT2D eigenvalue weighted by Crippen LogP contribution is 1.75. The fraction of sp³-hybridized carbons (Fsp3) is 0.600. The zero-order chi connectivity index (χ0) is 6.57. The van der Waals surface area contributed by atoms with Gasteiger partial charge in [0.05, 0.1) is 0 Å². The summed E-state index contributed by atoms with van der Waals surface area (Å²) in [5.41, 5.74) is 0. The van der Waals surface area contributed by atoms with Crippen molar-refractivity contribution >= 4 is 11.8 Å². The minimum atomic E-state index is -0.416. The van der Waals surface area contributed by atoms with Crippen LogP contribution in [0.15, 0.2) is 0 Å². The molecule has 0 amide bonds. The monoisotopic (exact) mass is 116 g/mol. The molecule has 0 bridgehead atoms. The van der Waals surface area contributed by atoms with Crippen LogP contribution >= 0.6 is 0 Å². The van der Waals surface area contributed by atoms with Crippen LogP contribution < -0.4 is 0 Å². The molecule has 0 aromatic carbocycles. The molecule has 46 valence electrons. The third-order valence-electron chi connectivity index (χ3n) is 0.479. The molecule has 8 heavy (non-hydrogen) atoms. The van der Waals surface area contributed by atoms with E-state index in [9.17, 15) is 9.59 Å². The highest BCUT2D eigenvalue weighted by atomic mass is 16.5. The molecule has 0 saturated carbocycles. The fourth-order valence-electron chi connectivity index (χ4n) is 0.203. The number of Topliss-reactive ketones (excluding diaryl/α,β-unsaturated/α-hetero) is 1. The maximum Gasteiger partial charge on any atom is 0.303 e. The first-order valence-corrected chi connectivity index (χ1v) is 2.25. The Kier molecular flexibility index (Phi) is 2.84. The Bertz CT molecular complexity index is 92.2. The molecule has 0 saturated heterocycles. The van der Waals surface area contributed by atoms with Crippen molar-refractivity contribution in [1.82, 2.24) is 0 Å². The van der Waals surface area contributed by atoms with Crippen molar-refractivity contribution in [2.45, 2.75) is 13.8 Å². The number of esters is 1. The van der Waals surface area contributed by atoms with Crippen LogP contribution in [0.25, 0.3) is 0 Å². The number of rotatable bonds is 2. The molecule has 0 fully saturated rings. The first kappa shape index (κ1) is 7.14. The zero-order valence-corrected chi connectivity index (χ0v) is 4.93. The molecule has 0 aromatic heterocycles. The minimum absolute atomic E-state index is 0.102. The average molecular weight is 116 g/mol. The standard InChI is InChI=1S/C5H8O3/c1-4(6)3-8-5(2)7/h3H2,1-2H3. The minimum Gasteiger partial charge on any atom is -0.458 e. The lowest BCUT2D eigenvalue weighted by Crippen LogP contribution is -2.07. The molecule has 0 unspecified atom stereocenters. The van der Waals surface area contributed by atoms with Gasteiger partial charge >= 0.3 is 5.97 Å². The van der Waals surface area contributed by atoms with E-state index in [0.29, 0.717) is 0 Å². The van der Waals surface area contributed by atoms with E-state index >= 15 is 0 Å². The molecule has 0 atom stereocenters. The van der Waals surface area contributed by atoms with Crippen molar-refractivity contribution in [2.24, 2.45) is 0 Å². The summed E-state index contributed by atoms with van der Waals surface area (Å²) in [5, 5.41) is 0. The summed E-state index contributed by atoms with van der Waals surface area (Å²) in [6, 6.07) is 0. The molecule has 0 aliphatic rings. The number of hydrogen-bond acceptors (Lipinski definition) is 3. The second-order valence-electron chi connectivity index (χ2n) is 1.48.